The molecule has 0 fully saturated rings. The Morgan fingerprint density at radius 3 is 1.35 bits per heavy atom. The Balaban J connectivity index is 2.13. The van der Waals surface area contributed by atoms with Crippen molar-refractivity contribution in [1.29, 1.82) is 0 Å². The summed E-state index contributed by atoms with van der Waals surface area (Å²) in [5.74, 6) is -3.59. The van der Waals surface area contributed by atoms with Gasteiger partial charge in [0, 0.05) is 0 Å². The third-order valence-electron chi connectivity index (χ3n) is 5.72. The van der Waals surface area contributed by atoms with Gasteiger partial charge >= 0.3 is 190 Å². The van der Waals surface area contributed by atoms with Gasteiger partial charge in [0.05, 0.1) is 0 Å². The van der Waals surface area contributed by atoms with Gasteiger partial charge in [-0.05, 0) is 0 Å². The Kier molecular flexibility index (Phi) is 5.79. The Morgan fingerprint density at radius 2 is 0.968 bits per heavy atom. The van der Waals surface area contributed by atoms with E-state index in [-0.39, 0.29) is 0 Å². The molecule has 0 aliphatic rings. The van der Waals surface area contributed by atoms with Crippen molar-refractivity contribution in [2.75, 3.05) is 6.26 Å². The molecule has 0 aliphatic carbocycles. The van der Waals surface area contributed by atoms with Gasteiger partial charge in [-0.25, -0.2) is 0 Å². The first-order valence-electron chi connectivity index (χ1n) is 10.0. The first kappa shape index (κ1) is 21.8. The molecule has 4 aromatic rings. The van der Waals surface area contributed by atoms with Crippen LogP contribution in [0.3, 0.4) is 0 Å². The van der Waals surface area contributed by atoms with Crippen LogP contribution in [0.15, 0.2) is 120 Å². The number of halogens is 1. The van der Waals surface area contributed by atoms with Crippen LogP contribution in [0.25, 0.3) is 0 Å². The van der Waals surface area contributed by atoms with E-state index >= 15 is 0 Å². The molecular formula is C26H24ClO2PS. The second-order valence-corrected chi connectivity index (χ2v) is 16.2. The van der Waals surface area contributed by atoms with Gasteiger partial charge in [0.2, 0.25) is 0 Å². The molecule has 2 nitrogen and oxygen atoms in total. The minimum absolute atomic E-state index is 0.326. The fourth-order valence-electron chi connectivity index (χ4n) is 4.25. The Bertz CT molecular complexity index is 1190. The van der Waals surface area contributed by atoms with Gasteiger partial charge in [0.1, 0.15) is 0 Å². The summed E-state index contributed by atoms with van der Waals surface area (Å²) in [4.78, 5) is 0.326. The molecule has 158 valence electrons. The SMILES string of the molecule is CS(=O)(=O)c1ccccc1CP(Cl)(c1ccccc1)(c1ccccc1)c1ccccc1. The Morgan fingerprint density at radius 1 is 0.613 bits per heavy atom. The van der Waals surface area contributed by atoms with Gasteiger partial charge in [0.25, 0.3) is 0 Å². The van der Waals surface area contributed by atoms with Crippen molar-refractivity contribution < 1.29 is 8.42 Å². The van der Waals surface area contributed by atoms with Gasteiger partial charge in [-0.15, -0.1) is 0 Å². The number of hydrogen-bond donors (Lipinski definition) is 0. The molecule has 0 N–H and O–H groups in total. The minimum atomic E-state index is -3.59. The third-order valence-corrected chi connectivity index (χ3v) is 14.1. The monoisotopic (exact) mass is 466 g/mol. The maximum atomic E-state index is 12.6. The topological polar surface area (TPSA) is 34.1 Å². The second kappa shape index (κ2) is 8.24. The second-order valence-electron chi connectivity index (χ2n) is 7.73. The Labute approximate surface area is 189 Å². The molecule has 0 aromatic heterocycles. The van der Waals surface area contributed by atoms with Crippen LogP contribution in [0, 0.1) is 0 Å². The van der Waals surface area contributed by atoms with E-state index in [0.29, 0.717) is 11.1 Å². The zero-order valence-electron chi connectivity index (χ0n) is 17.2. The van der Waals surface area contributed by atoms with Crippen molar-refractivity contribution in [3.8, 4) is 0 Å². The van der Waals surface area contributed by atoms with Crippen molar-refractivity contribution in [2.24, 2.45) is 0 Å². The van der Waals surface area contributed by atoms with E-state index in [9.17, 15) is 8.42 Å². The van der Waals surface area contributed by atoms with Gasteiger partial charge in [-0.2, -0.15) is 0 Å². The Hall–Kier alpha value is -2.45. The maximum absolute atomic E-state index is 12.6. The molecule has 0 amide bonds. The first-order valence-corrected chi connectivity index (χ1v) is 15.2. The van der Waals surface area contributed by atoms with Crippen LogP contribution in [0.2, 0.25) is 0 Å². The average molecular weight is 467 g/mol. The molecule has 0 radical (unpaired) electrons. The van der Waals surface area contributed by atoms with E-state index in [1.165, 1.54) is 6.26 Å². The summed E-state index contributed by atoms with van der Waals surface area (Å²) in [5.41, 5.74) is 0.731. The summed E-state index contributed by atoms with van der Waals surface area (Å²) in [5, 5.41) is 3.03. The van der Waals surface area contributed by atoms with Crippen LogP contribution in [0.4, 0.5) is 0 Å². The molecule has 4 aromatic carbocycles. The van der Waals surface area contributed by atoms with Gasteiger partial charge < -0.3 is 0 Å². The molecule has 0 atom stereocenters. The third kappa shape index (κ3) is 3.83. The summed E-state index contributed by atoms with van der Waals surface area (Å²) in [6, 6.07) is 37.5. The summed E-state index contributed by atoms with van der Waals surface area (Å²) in [7, 11) is -3.42. The van der Waals surface area contributed by atoms with E-state index < -0.39 is 15.8 Å². The van der Waals surface area contributed by atoms with E-state index in [1.54, 1.807) is 12.1 Å². The van der Waals surface area contributed by atoms with Crippen molar-refractivity contribution in [2.45, 2.75) is 11.1 Å². The van der Waals surface area contributed by atoms with Crippen molar-refractivity contribution >= 4 is 42.9 Å². The molecule has 5 heteroatoms. The molecular weight excluding hydrogens is 443 g/mol. The number of hydrogen-bond acceptors (Lipinski definition) is 2. The van der Waals surface area contributed by atoms with Gasteiger partial charge in [-0.3, -0.25) is 0 Å². The van der Waals surface area contributed by atoms with Crippen LogP contribution in [-0.2, 0) is 16.0 Å². The van der Waals surface area contributed by atoms with E-state index in [2.05, 4.69) is 36.4 Å². The van der Waals surface area contributed by atoms with Crippen LogP contribution in [0.5, 0.6) is 0 Å². The summed E-state index contributed by atoms with van der Waals surface area (Å²) >= 11 is 8.07. The number of sulfone groups is 1. The van der Waals surface area contributed by atoms with Crippen molar-refractivity contribution in [1.82, 2.24) is 0 Å². The normalized spacial score (nSPS) is 13.3. The standard InChI is InChI=1S/C26H24ClO2PS/c1-31(28,29)26-20-12-11-13-22(26)21-30(27,23-14-5-2-6-15-23,24-16-7-3-8-17-24)25-18-9-4-10-19-25/h2-20H,21H2,1H3. The molecule has 0 saturated carbocycles. The quantitative estimate of drug-likeness (QED) is 0.362. The van der Waals surface area contributed by atoms with Crippen LogP contribution >= 0.6 is 17.2 Å². The predicted molar refractivity (Wildman–Crippen MR) is 134 cm³/mol. The van der Waals surface area contributed by atoms with Crippen LogP contribution in [-0.4, -0.2) is 14.7 Å². The van der Waals surface area contributed by atoms with E-state index in [1.807, 2.05) is 66.7 Å². The van der Waals surface area contributed by atoms with Crippen molar-refractivity contribution in [3.63, 3.8) is 0 Å². The van der Waals surface area contributed by atoms with Crippen molar-refractivity contribution in [3.05, 3.63) is 121 Å². The fraction of sp³-hybridized carbons (Fsp3) is 0.0769. The average Bonchev–Trinajstić information content (AvgIpc) is 2.80. The molecule has 0 aliphatic heterocycles. The molecule has 0 unspecified atom stereocenters. The predicted octanol–water partition coefficient (Wildman–Crippen LogP) is 5.27. The molecule has 0 bridgehead atoms. The van der Waals surface area contributed by atoms with Gasteiger partial charge in [-0.1, -0.05) is 0 Å². The summed E-state index contributed by atoms with van der Waals surface area (Å²) in [6.45, 7) is 0. The van der Waals surface area contributed by atoms with Crippen LogP contribution < -0.4 is 15.9 Å². The molecule has 4 rings (SSSR count). The first-order chi connectivity index (χ1) is 14.8. The summed E-state index contributed by atoms with van der Waals surface area (Å²) in [6.07, 6.45) is 1.65. The number of rotatable bonds is 6. The van der Waals surface area contributed by atoms with E-state index in [4.69, 9.17) is 11.2 Å². The fourth-order valence-corrected chi connectivity index (χ4v) is 11.4. The van der Waals surface area contributed by atoms with Crippen LogP contribution in [0.1, 0.15) is 5.56 Å². The molecule has 0 heterocycles. The number of benzene rings is 4. The zero-order chi connectivity index (χ0) is 22.0. The van der Waals surface area contributed by atoms with Gasteiger partial charge in [0.15, 0.2) is 0 Å². The summed E-state index contributed by atoms with van der Waals surface area (Å²) < 4.78 is 25.2. The molecule has 0 spiro atoms. The zero-order valence-corrected chi connectivity index (χ0v) is 19.7. The molecule has 0 saturated heterocycles. The van der Waals surface area contributed by atoms with E-state index in [0.717, 1.165) is 21.5 Å². The molecule has 31 heavy (non-hydrogen) atoms.